The van der Waals surface area contributed by atoms with Crippen molar-refractivity contribution in [2.75, 3.05) is 6.26 Å². The van der Waals surface area contributed by atoms with Crippen molar-refractivity contribution in [3.63, 3.8) is 0 Å². The summed E-state index contributed by atoms with van der Waals surface area (Å²) in [5.41, 5.74) is 0.272. The van der Waals surface area contributed by atoms with Crippen molar-refractivity contribution < 1.29 is 13.3 Å². The van der Waals surface area contributed by atoms with E-state index in [0.717, 1.165) is 6.20 Å². The molecule has 0 saturated heterocycles. The Balaban J connectivity index is 2.40. The van der Waals surface area contributed by atoms with Crippen molar-refractivity contribution in [2.24, 2.45) is 0 Å². The molecule has 16 heavy (non-hydrogen) atoms. The topological polar surface area (TPSA) is 90.2 Å². The molecule has 6 nitrogen and oxygen atoms in total. The molecule has 2 rings (SSSR count). The maximum Gasteiger partial charge on any atom is 0.287 e. The SMILES string of the molecule is CS(=O)(=O)C1(c2ccc([N+](=O)[O-])cn2)CC1. The molecular formula is C9H10N2O4S. The van der Waals surface area contributed by atoms with Crippen LogP contribution in [0.3, 0.4) is 0 Å². The first-order chi connectivity index (χ1) is 7.37. The molecule has 86 valence electrons. The van der Waals surface area contributed by atoms with Gasteiger partial charge >= 0.3 is 0 Å². The van der Waals surface area contributed by atoms with Gasteiger partial charge in [0.15, 0.2) is 9.84 Å². The maximum atomic E-state index is 11.6. The molecule has 0 unspecified atom stereocenters. The van der Waals surface area contributed by atoms with E-state index in [4.69, 9.17) is 0 Å². The number of nitro groups is 1. The highest BCUT2D eigenvalue weighted by Crippen LogP contribution is 2.51. The zero-order valence-corrected chi connectivity index (χ0v) is 9.40. The predicted molar refractivity (Wildman–Crippen MR) is 56.6 cm³/mol. The average Bonchev–Trinajstić information content (AvgIpc) is 2.97. The van der Waals surface area contributed by atoms with Crippen LogP contribution < -0.4 is 0 Å². The van der Waals surface area contributed by atoms with Gasteiger partial charge < -0.3 is 0 Å². The van der Waals surface area contributed by atoms with Crippen LogP contribution in [0.2, 0.25) is 0 Å². The summed E-state index contributed by atoms with van der Waals surface area (Å²) >= 11 is 0. The van der Waals surface area contributed by atoms with Crippen LogP contribution in [0.25, 0.3) is 0 Å². The van der Waals surface area contributed by atoms with E-state index in [1.165, 1.54) is 18.4 Å². The van der Waals surface area contributed by atoms with Gasteiger partial charge in [-0.25, -0.2) is 8.42 Å². The molecule has 0 atom stereocenters. The second-order valence-electron chi connectivity index (χ2n) is 3.93. The van der Waals surface area contributed by atoms with Gasteiger partial charge in [-0.15, -0.1) is 0 Å². The normalized spacial score (nSPS) is 18.1. The molecule has 0 spiro atoms. The zero-order valence-electron chi connectivity index (χ0n) is 8.58. The monoisotopic (exact) mass is 242 g/mol. The summed E-state index contributed by atoms with van der Waals surface area (Å²) in [4.78, 5) is 13.7. The lowest BCUT2D eigenvalue weighted by Crippen LogP contribution is -2.20. The molecule has 7 heteroatoms. The van der Waals surface area contributed by atoms with Crippen LogP contribution in [0.5, 0.6) is 0 Å². The summed E-state index contributed by atoms with van der Waals surface area (Å²) < 4.78 is 22.2. The van der Waals surface area contributed by atoms with E-state index in [1.807, 2.05) is 0 Å². The third-order valence-electron chi connectivity index (χ3n) is 2.84. The third-order valence-corrected chi connectivity index (χ3v) is 4.88. The Bertz CT molecular complexity index is 531. The quantitative estimate of drug-likeness (QED) is 0.583. The molecule has 0 N–H and O–H groups in total. The number of hydrogen-bond donors (Lipinski definition) is 0. The smallest absolute Gasteiger partial charge is 0.258 e. The second kappa shape index (κ2) is 3.24. The lowest BCUT2D eigenvalue weighted by atomic mass is 10.2. The van der Waals surface area contributed by atoms with E-state index < -0.39 is 19.5 Å². The van der Waals surface area contributed by atoms with E-state index in [2.05, 4.69) is 4.98 Å². The summed E-state index contributed by atoms with van der Waals surface area (Å²) in [6.07, 6.45) is 3.34. The highest BCUT2D eigenvalue weighted by Gasteiger charge is 2.54. The third kappa shape index (κ3) is 1.57. The van der Waals surface area contributed by atoms with Gasteiger partial charge in [-0.3, -0.25) is 15.1 Å². The zero-order chi connectivity index (χ0) is 12.0. The van der Waals surface area contributed by atoms with E-state index in [-0.39, 0.29) is 5.69 Å². The molecular weight excluding hydrogens is 232 g/mol. The van der Waals surface area contributed by atoms with Crippen LogP contribution in [0.1, 0.15) is 18.5 Å². The van der Waals surface area contributed by atoms with E-state index in [0.29, 0.717) is 18.5 Å². The molecule has 1 heterocycles. The van der Waals surface area contributed by atoms with E-state index >= 15 is 0 Å². The molecule has 1 aliphatic rings. The number of pyridine rings is 1. The van der Waals surface area contributed by atoms with Crippen molar-refractivity contribution in [1.29, 1.82) is 0 Å². The summed E-state index contributed by atoms with van der Waals surface area (Å²) in [6.45, 7) is 0. The van der Waals surface area contributed by atoms with Crippen LogP contribution in [0.15, 0.2) is 18.3 Å². The molecule has 0 aliphatic heterocycles. The fourth-order valence-electron chi connectivity index (χ4n) is 1.69. The summed E-state index contributed by atoms with van der Waals surface area (Å²) in [6, 6.07) is 2.71. The lowest BCUT2D eigenvalue weighted by Gasteiger charge is -2.11. The molecule has 1 saturated carbocycles. The van der Waals surface area contributed by atoms with Gasteiger partial charge in [0.1, 0.15) is 10.9 Å². The molecule has 0 bridgehead atoms. The number of sulfone groups is 1. The molecule has 0 amide bonds. The highest BCUT2D eigenvalue weighted by atomic mass is 32.2. The molecule has 1 fully saturated rings. The first kappa shape index (κ1) is 11.0. The largest absolute Gasteiger partial charge is 0.287 e. The minimum absolute atomic E-state index is 0.131. The maximum absolute atomic E-state index is 11.6. The Morgan fingerprint density at radius 2 is 2.06 bits per heavy atom. The average molecular weight is 242 g/mol. The Morgan fingerprint density at radius 3 is 2.38 bits per heavy atom. The fraction of sp³-hybridized carbons (Fsp3) is 0.444. The first-order valence-electron chi connectivity index (χ1n) is 4.67. The van der Waals surface area contributed by atoms with Gasteiger partial charge in [-0.1, -0.05) is 0 Å². The highest BCUT2D eigenvalue weighted by molar-refractivity contribution is 7.91. The molecule has 1 aliphatic carbocycles. The van der Waals surface area contributed by atoms with Gasteiger partial charge in [-0.05, 0) is 18.9 Å². The van der Waals surface area contributed by atoms with Crippen molar-refractivity contribution in [2.45, 2.75) is 17.6 Å². The lowest BCUT2D eigenvalue weighted by molar-refractivity contribution is -0.385. The summed E-state index contributed by atoms with van der Waals surface area (Å²) in [5, 5.41) is 10.4. The number of nitrogens with zero attached hydrogens (tertiary/aromatic N) is 2. The molecule has 1 aromatic rings. The van der Waals surface area contributed by atoms with Gasteiger partial charge in [0, 0.05) is 12.3 Å². The second-order valence-corrected chi connectivity index (χ2v) is 6.25. The first-order valence-corrected chi connectivity index (χ1v) is 6.56. The van der Waals surface area contributed by atoms with Crippen molar-refractivity contribution >= 4 is 15.5 Å². The summed E-state index contributed by atoms with van der Waals surface area (Å²) in [5.74, 6) is 0. The van der Waals surface area contributed by atoms with Crippen molar-refractivity contribution in [3.8, 4) is 0 Å². The minimum atomic E-state index is -3.21. The Labute approximate surface area is 92.4 Å². The molecule has 0 aromatic carbocycles. The number of aromatic nitrogens is 1. The van der Waals surface area contributed by atoms with Crippen LogP contribution in [-0.4, -0.2) is 24.6 Å². The molecule has 0 radical (unpaired) electrons. The Kier molecular flexibility index (Phi) is 2.23. The standard InChI is InChI=1S/C9H10N2O4S/c1-16(14,15)9(4-5-9)8-3-2-7(6-10-8)11(12)13/h2-3,6H,4-5H2,1H3. The van der Waals surface area contributed by atoms with Gasteiger partial charge in [-0.2, -0.15) is 0 Å². The number of rotatable bonds is 3. The van der Waals surface area contributed by atoms with E-state index in [9.17, 15) is 18.5 Å². The van der Waals surface area contributed by atoms with Crippen LogP contribution in [0, 0.1) is 10.1 Å². The van der Waals surface area contributed by atoms with Crippen LogP contribution >= 0.6 is 0 Å². The van der Waals surface area contributed by atoms with Gasteiger partial charge in [0.05, 0.1) is 10.6 Å². The van der Waals surface area contributed by atoms with E-state index in [1.54, 1.807) is 0 Å². The van der Waals surface area contributed by atoms with Gasteiger partial charge in [0.2, 0.25) is 0 Å². The van der Waals surface area contributed by atoms with Crippen LogP contribution in [0.4, 0.5) is 5.69 Å². The Hall–Kier alpha value is -1.50. The van der Waals surface area contributed by atoms with Crippen LogP contribution in [-0.2, 0) is 14.6 Å². The number of hydrogen-bond acceptors (Lipinski definition) is 5. The van der Waals surface area contributed by atoms with Gasteiger partial charge in [0.25, 0.3) is 5.69 Å². The van der Waals surface area contributed by atoms with Crippen molar-refractivity contribution in [3.05, 3.63) is 34.1 Å². The summed E-state index contributed by atoms with van der Waals surface area (Å²) in [7, 11) is -3.21. The minimum Gasteiger partial charge on any atom is -0.258 e. The molecule has 1 aromatic heterocycles. The van der Waals surface area contributed by atoms with Crippen molar-refractivity contribution in [1.82, 2.24) is 4.98 Å². The fourth-order valence-corrected chi connectivity index (χ4v) is 3.04. The predicted octanol–water partition coefficient (Wildman–Crippen LogP) is 1.02. The Morgan fingerprint density at radius 1 is 1.44 bits per heavy atom.